The number of aldehydes is 1. The highest BCUT2D eigenvalue weighted by molar-refractivity contribution is 6.43. The summed E-state index contributed by atoms with van der Waals surface area (Å²) in [6, 6.07) is 1.52. The molecular weight excluding hydrogens is 173 g/mol. The first-order chi connectivity index (χ1) is 4.75. The number of nitrogens with zero attached hydrogens (tertiary/aromatic N) is 1. The predicted octanol–water partition coefficient (Wildman–Crippen LogP) is 2.20. The Labute approximate surface area is 67.8 Å². The monoisotopic (exact) mass is 175 g/mol. The Bertz CT molecular complexity index is 262. The Morgan fingerprint density at radius 3 is 2.70 bits per heavy atom. The summed E-state index contributed by atoms with van der Waals surface area (Å²) >= 11 is 11.1. The van der Waals surface area contributed by atoms with Crippen LogP contribution in [0.15, 0.2) is 12.3 Å². The van der Waals surface area contributed by atoms with Gasteiger partial charge < -0.3 is 0 Å². The summed E-state index contributed by atoms with van der Waals surface area (Å²) in [5, 5.41) is 0.554. The highest BCUT2D eigenvalue weighted by Gasteiger charge is 2.02. The van der Waals surface area contributed by atoms with Crippen LogP contribution in [0.5, 0.6) is 0 Å². The minimum Gasteiger partial charge on any atom is -0.296 e. The van der Waals surface area contributed by atoms with Crippen LogP contribution < -0.4 is 0 Å². The van der Waals surface area contributed by atoms with Crippen LogP contribution in [-0.4, -0.2) is 11.3 Å². The fourth-order valence-corrected chi connectivity index (χ4v) is 0.827. The van der Waals surface area contributed by atoms with Crippen molar-refractivity contribution in [2.24, 2.45) is 0 Å². The molecule has 0 saturated heterocycles. The van der Waals surface area contributed by atoms with E-state index >= 15 is 0 Å². The molecule has 0 aliphatic heterocycles. The molecule has 0 bridgehead atoms. The molecule has 0 aliphatic rings. The molecule has 10 heavy (non-hydrogen) atoms. The number of halogens is 2. The molecule has 2 nitrogen and oxygen atoms in total. The molecule has 0 aliphatic carbocycles. The van der Waals surface area contributed by atoms with Gasteiger partial charge >= 0.3 is 0 Å². The lowest BCUT2D eigenvalue weighted by Crippen LogP contribution is -1.86. The Kier molecular flexibility index (Phi) is 2.25. The molecule has 1 aromatic rings. The number of carbonyl (C=O) groups excluding carboxylic acids is 1. The molecule has 1 aromatic heterocycles. The maximum atomic E-state index is 10.2. The second-order valence-corrected chi connectivity index (χ2v) is 2.40. The summed E-state index contributed by atoms with van der Waals surface area (Å²) in [6.07, 6.45) is 1.99. The third kappa shape index (κ3) is 1.28. The van der Waals surface area contributed by atoms with Gasteiger partial charge in [0, 0.05) is 6.20 Å². The van der Waals surface area contributed by atoms with Crippen LogP contribution in [0.2, 0.25) is 10.0 Å². The first-order valence-electron chi connectivity index (χ1n) is 2.51. The topological polar surface area (TPSA) is 30.0 Å². The van der Waals surface area contributed by atoms with Crippen LogP contribution in [0.4, 0.5) is 0 Å². The molecular formula is C6H3Cl2NO. The molecule has 4 heteroatoms. The van der Waals surface area contributed by atoms with E-state index in [4.69, 9.17) is 23.2 Å². The average Bonchev–Trinajstić information content (AvgIpc) is 1.95. The SMILES string of the molecule is O=Cc1nccc(Cl)c1Cl. The highest BCUT2D eigenvalue weighted by atomic mass is 35.5. The summed E-state index contributed by atoms with van der Waals surface area (Å²) in [7, 11) is 0. The normalized spacial score (nSPS) is 9.40. The Morgan fingerprint density at radius 1 is 1.50 bits per heavy atom. The molecule has 0 aromatic carbocycles. The summed E-state index contributed by atoms with van der Waals surface area (Å²) in [5.74, 6) is 0. The van der Waals surface area contributed by atoms with Crippen molar-refractivity contribution in [3.05, 3.63) is 28.0 Å². The van der Waals surface area contributed by atoms with Crippen LogP contribution in [0.1, 0.15) is 10.5 Å². The van der Waals surface area contributed by atoms with Crippen molar-refractivity contribution in [3.8, 4) is 0 Å². The van der Waals surface area contributed by atoms with Crippen LogP contribution >= 0.6 is 23.2 Å². The van der Waals surface area contributed by atoms with Crippen molar-refractivity contribution in [1.29, 1.82) is 0 Å². The summed E-state index contributed by atoms with van der Waals surface area (Å²) in [5.41, 5.74) is 0.175. The minimum absolute atomic E-state index is 0.175. The van der Waals surface area contributed by atoms with Crippen LogP contribution in [0.25, 0.3) is 0 Å². The summed E-state index contributed by atoms with van der Waals surface area (Å²) in [6.45, 7) is 0. The van der Waals surface area contributed by atoms with E-state index in [0.717, 1.165) is 0 Å². The number of aromatic nitrogens is 1. The molecule has 1 heterocycles. The molecule has 0 radical (unpaired) electrons. The Morgan fingerprint density at radius 2 is 2.20 bits per heavy atom. The van der Waals surface area contributed by atoms with E-state index < -0.39 is 0 Å². The maximum absolute atomic E-state index is 10.2. The third-order valence-electron chi connectivity index (χ3n) is 0.981. The molecule has 52 valence electrons. The van der Waals surface area contributed by atoms with Gasteiger partial charge in [-0.2, -0.15) is 0 Å². The van der Waals surface area contributed by atoms with Gasteiger partial charge in [0.05, 0.1) is 10.0 Å². The van der Waals surface area contributed by atoms with E-state index in [9.17, 15) is 4.79 Å². The fourth-order valence-electron chi connectivity index (χ4n) is 0.517. The largest absolute Gasteiger partial charge is 0.296 e. The Balaban J connectivity index is 3.27. The zero-order valence-electron chi connectivity index (χ0n) is 4.84. The van der Waals surface area contributed by atoms with Crippen LogP contribution in [-0.2, 0) is 0 Å². The molecule has 0 spiro atoms. The molecule has 0 fully saturated rings. The summed E-state index contributed by atoms with van der Waals surface area (Å²) in [4.78, 5) is 13.8. The predicted molar refractivity (Wildman–Crippen MR) is 39.6 cm³/mol. The van der Waals surface area contributed by atoms with E-state index in [2.05, 4.69) is 4.98 Å². The van der Waals surface area contributed by atoms with Gasteiger partial charge in [-0.25, -0.2) is 0 Å². The van der Waals surface area contributed by atoms with Gasteiger partial charge in [0.15, 0.2) is 6.29 Å². The van der Waals surface area contributed by atoms with Gasteiger partial charge in [0.1, 0.15) is 5.69 Å². The van der Waals surface area contributed by atoms with Crippen molar-refractivity contribution in [2.45, 2.75) is 0 Å². The number of hydrogen-bond donors (Lipinski definition) is 0. The van der Waals surface area contributed by atoms with Crippen molar-refractivity contribution in [2.75, 3.05) is 0 Å². The highest BCUT2D eigenvalue weighted by Crippen LogP contribution is 2.21. The number of pyridine rings is 1. The Hall–Kier alpha value is -0.600. The number of hydrogen-bond acceptors (Lipinski definition) is 2. The van der Waals surface area contributed by atoms with Gasteiger partial charge in [-0.05, 0) is 6.07 Å². The van der Waals surface area contributed by atoms with Crippen LogP contribution in [0.3, 0.4) is 0 Å². The van der Waals surface area contributed by atoms with Gasteiger partial charge in [-0.15, -0.1) is 0 Å². The van der Waals surface area contributed by atoms with Crippen molar-refractivity contribution in [1.82, 2.24) is 4.98 Å². The van der Waals surface area contributed by atoms with E-state index in [1.54, 1.807) is 0 Å². The minimum atomic E-state index is 0.175. The number of carbonyl (C=O) groups is 1. The van der Waals surface area contributed by atoms with Gasteiger partial charge in [0.25, 0.3) is 0 Å². The van der Waals surface area contributed by atoms with E-state index in [1.807, 2.05) is 0 Å². The van der Waals surface area contributed by atoms with E-state index in [-0.39, 0.29) is 10.7 Å². The smallest absolute Gasteiger partial charge is 0.170 e. The quantitative estimate of drug-likeness (QED) is 0.614. The maximum Gasteiger partial charge on any atom is 0.170 e. The van der Waals surface area contributed by atoms with Gasteiger partial charge in [-0.3, -0.25) is 9.78 Å². The first-order valence-corrected chi connectivity index (χ1v) is 3.26. The fraction of sp³-hybridized carbons (Fsp3) is 0. The zero-order valence-corrected chi connectivity index (χ0v) is 6.36. The van der Waals surface area contributed by atoms with Crippen molar-refractivity contribution < 1.29 is 4.79 Å². The second-order valence-electron chi connectivity index (χ2n) is 1.61. The van der Waals surface area contributed by atoms with Gasteiger partial charge in [-0.1, -0.05) is 23.2 Å². The van der Waals surface area contributed by atoms with Crippen molar-refractivity contribution in [3.63, 3.8) is 0 Å². The lowest BCUT2D eigenvalue weighted by molar-refractivity contribution is 0.111. The molecule has 1 rings (SSSR count). The number of rotatable bonds is 1. The van der Waals surface area contributed by atoms with Gasteiger partial charge in [0.2, 0.25) is 0 Å². The third-order valence-corrected chi connectivity index (χ3v) is 1.79. The zero-order chi connectivity index (χ0) is 7.56. The molecule has 0 amide bonds. The lowest BCUT2D eigenvalue weighted by Gasteiger charge is -1.94. The van der Waals surface area contributed by atoms with E-state index in [1.165, 1.54) is 12.3 Å². The summed E-state index contributed by atoms with van der Waals surface area (Å²) < 4.78 is 0. The molecule has 0 unspecified atom stereocenters. The van der Waals surface area contributed by atoms with E-state index in [0.29, 0.717) is 11.3 Å². The van der Waals surface area contributed by atoms with Crippen molar-refractivity contribution >= 4 is 29.5 Å². The van der Waals surface area contributed by atoms with Crippen LogP contribution in [0, 0.1) is 0 Å². The lowest BCUT2D eigenvalue weighted by atomic mass is 10.4. The molecule has 0 atom stereocenters. The second kappa shape index (κ2) is 2.99. The standard InChI is InChI=1S/C6H3Cl2NO/c7-4-1-2-9-5(3-10)6(4)8/h1-3H. The molecule has 0 saturated carbocycles. The average molecular weight is 176 g/mol. The molecule has 0 N–H and O–H groups in total. The first kappa shape index (κ1) is 7.51.